The molecule has 4 heteroatoms. The Balaban J connectivity index is 2.10. The van der Waals surface area contributed by atoms with Gasteiger partial charge in [0.25, 0.3) is 0 Å². The van der Waals surface area contributed by atoms with Gasteiger partial charge in [-0.25, -0.2) is 0 Å². The van der Waals surface area contributed by atoms with Crippen LogP contribution in [0, 0.1) is 0 Å². The summed E-state index contributed by atoms with van der Waals surface area (Å²) < 4.78 is 7.17. The van der Waals surface area contributed by atoms with E-state index in [1.165, 1.54) is 11.3 Å². The van der Waals surface area contributed by atoms with Crippen molar-refractivity contribution in [1.82, 2.24) is 9.78 Å². The van der Waals surface area contributed by atoms with Crippen LogP contribution >= 0.6 is 15.9 Å². The summed E-state index contributed by atoms with van der Waals surface area (Å²) in [4.78, 5) is 0. The zero-order valence-corrected chi connectivity index (χ0v) is 11.4. The van der Waals surface area contributed by atoms with Crippen LogP contribution in [0.5, 0.6) is 5.75 Å². The molecule has 0 unspecified atom stereocenters. The van der Waals surface area contributed by atoms with E-state index >= 15 is 0 Å². The van der Waals surface area contributed by atoms with Crippen molar-refractivity contribution in [1.29, 1.82) is 0 Å². The van der Waals surface area contributed by atoms with Gasteiger partial charge in [0.15, 0.2) is 0 Å². The van der Waals surface area contributed by atoms with Crippen LogP contribution in [0.4, 0.5) is 0 Å². The van der Waals surface area contributed by atoms with Crippen molar-refractivity contribution >= 4 is 15.9 Å². The summed E-state index contributed by atoms with van der Waals surface area (Å²) in [7, 11) is 1.68. The predicted octanol–water partition coefficient (Wildman–Crippen LogP) is 2.88. The molecule has 3 nitrogen and oxygen atoms in total. The lowest BCUT2D eigenvalue weighted by Crippen LogP contribution is -2.06. The number of ether oxygens (including phenoxy) is 1. The Hall–Kier alpha value is -1.29. The number of aryl methyl sites for hydroxylation is 1. The molecule has 0 N–H and O–H groups in total. The van der Waals surface area contributed by atoms with E-state index in [2.05, 4.69) is 39.2 Å². The van der Waals surface area contributed by atoms with Crippen molar-refractivity contribution in [2.75, 3.05) is 12.4 Å². The van der Waals surface area contributed by atoms with Crippen LogP contribution in [0.25, 0.3) is 0 Å². The van der Waals surface area contributed by atoms with Crippen LogP contribution < -0.4 is 4.74 Å². The third-order valence-electron chi connectivity index (χ3n) is 2.65. The van der Waals surface area contributed by atoms with Crippen molar-refractivity contribution < 1.29 is 4.74 Å². The fourth-order valence-electron chi connectivity index (χ4n) is 1.72. The van der Waals surface area contributed by atoms with Crippen molar-refractivity contribution in [3.63, 3.8) is 0 Å². The first kappa shape index (κ1) is 12.2. The van der Waals surface area contributed by atoms with E-state index < -0.39 is 0 Å². The highest BCUT2D eigenvalue weighted by atomic mass is 79.9. The van der Waals surface area contributed by atoms with Gasteiger partial charge in [-0.15, -0.1) is 0 Å². The Morgan fingerprint density at radius 1 is 1.24 bits per heavy atom. The Labute approximate surface area is 110 Å². The quantitative estimate of drug-likeness (QED) is 0.793. The molecular weight excluding hydrogens is 280 g/mol. The lowest BCUT2D eigenvalue weighted by atomic mass is 10.2. The highest BCUT2D eigenvalue weighted by molar-refractivity contribution is 9.09. The zero-order valence-electron chi connectivity index (χ0n) is 9.77. The van der Waals surface area contributed by atoms with Gasteiger partial charge in [-0.3, -0.25) is 4.68 Å². The number of halogens is 1. The minimum atomic E-state index is 0.805. The highest BCUT2D eigenvalue weighted by Crippen LogP contribution is 2.13. The fourth-order valence-corrected chi connectivity index (χ4v) is 2.12. The normalized spacial score (nSPS) is 10.5. The number of hydrogen-bond acceptors (Lipinski definition) is 2. The average Bonchev–Trinajstić information content (AvgIpc) is 2.78. The third kappa shape index (κ3) is 3.09. The molecule has 0 aliphatic heterocycles. The average molecular weight is 295 g/mol. The van der Waals surface area contributed by atoms with Crippen molar-refractivity contribution in [3.05, 3.63) is 47.8 Å². The molecule has 0 amide bonds. The smallest absolute Gasteiger partial charge is 0.118 e. The van der Waals surface area contributed by atoms with Gasteiger partial charge in [0.1, 0.15) is 5.75 Å². The fraction of sp³-hybridized carbons (Fsp3) is 0.308. The summed E-state index contributed by atoms with van der Waals surface area (Å²) in [5, 5.41) is 5.30. The molecule has 0 bridgehead atoms. The molecule has 1 aromatic carbocycles. The van der Waals surface area contributed by atoms with Gasteiger partial charge in [-0.2, -0.15) is 5.10 Å². The van der Waals surface area contributed by atoms with Crippen molar-refractivity contribution in [2.24, 2.45) is 0 Å². The Morgan fingerprint density at radius 3 is 2.65 bits per heavy atom. The molecule has 17 heavy (non-hydrogen) atoms. The van der Waals surface area contributed by atoms with E-state index in [1.807, 2.05) is 23.0 Å². The minimum absolute atomic E-state index is 0.805. The summed E-state index contributed by atoms with van der Waals surface area (Å²) in [6, 6.07) is 10.1. The lowest BCUT2D eigenvalue weighted by Gasteiger charge is -2.07. The number of nitrogens with zero attached hydrogens (tertiary/aromatic N) is 2. The van der Waals surface area contributed by atoms with E-state index in [1.54, 1.807) is 7.11 Å². The molecule has 1 aromatic heterocycles. The van der Waals surface area contributed by atoms with Gasteiger partial charge < -0.3 is 4.74 Å². The maximum absolute atomic E-state index is 5.14. The van der Waals surface area contributed by atoms with E-state index in [4.69, 9.17) is 4.74 Å². The van der Waals surface area contributed by atoms with Gasteiger partial charge in [0, 0.05) is 17.2 Å². The van der Waals surface area contributed by atoms with Crippen molar-refractivity contribution in [2.45, 2.75) is 13.0 Å². The molecule has 0 atom stereocenters. The molecule has 0 aliphatic carbocycles. The van der Waals surface area contributed by atoms with Crippen LogP contribution in [0.2, 0.25) is 0 Å². The summed E-state index contributed by atoms with van der Waals surface area (Å²) in [6.45, 7) is 0.805. The summed E-state index contributed by atoms with van der Waals surface area (Å²) in [5.74, 6) is 0.884. The second kappa shape index (κ2) is 5.87. The summed E-state index contributed by atoms with van der Waals surface area (Å²) in [5.41, 5.74) is 2.48. The molecule has 90 valence electrons. The van der Waals surface area contributed by atoms with Gasteiger partial charge in [-0.1, -0.05) is 28.1 Å². The molecule has 0 spiro atoms. The number of benzene rings is 1. The molecule has 0 saturated heterocycles. The van der Waals surface area contributed by atoms with Gasteiger partial charge in [0.2, 0.25) is 0 Å². The Bertz CT molecular complexity index is 465. The largest absolute Gasteiger partial charge is 0.497 e. The molecular formula is C13H15BrN2O. The topological polar surface area (TPSA) is 27.1 Å². The minimum Gasteiger partial charge on any atom is -0.497 e. The van der Waals surface area contributed by atoms with E-state index in [9.17, 15) is 0 Å². The number of methoxy groups -OCH3 is 1. The molecule has 1 heterocycles. The van der Waals surface area contributed by atoms with E-state index in [-0.39, 0.29) is 0 Å². The molecule has 0 saturated carbocycles. The van der Waals surface area contributed by atoms with Crippen molar-refractivity contribution in [3.8, 4) is 5.75 Å². The summed E-state index contributed by atoms with van der Waals surface area (Å²) in [6.07, 6.45) is 2.84. The highest BCUT2D eigenvalue weighted by Gasteiger charge is 2.02. The molecule has 0 fully saturated rings. The van der Waals surface area contributed by atoms with Crippen LogP contribution in [-0.4, -0.2) is 22.2 Å². The maximum atomic E-state index is 5.14. The second-order valence-electron chi connectivity index (χ2n) is 3.77. The monoisotopic (exact) mass is 294 g/mol. The SMILES string of the molecule is COc1ccc(Cn2nccc2CCBr)cc1. The van der Waals surface area contributed by atoms with Crippen LogP contribution in [0.15, 0.2) is 36.5 Å². The number of aromatic nitrogens is 2. The number of alkyl halides is 1. The van der Waals surface area contributed by atoms with Crippen LogP contribution in [-0.2, 0) is 13.0 Å². The third-order valence-corrected chi connectivity index (χ3v) is 3.04. The second-order valence-corrected chi connectivity index (χ2v) is 4.56. The van der Waals surface area contributed by atoms with Crippen LogP contribution in [0.3, 0.4) is 0 Å². The van der Waals surface area contributed by atoms with E-state index in [0.29, 0.717) is 0 Å². The maximum Gasteiger partial charge on any atom is 0.118 e. The van der Waals surface area contributed by atoms with Gasteiger partial charge in [-0.05, 0) is 30.2 Å². The first-order chi connectivity index (χ1) is 8.33. The van der Waals surface area contributed by atoms with E-state index in [0.717, 1.165) is 24.0 Å². The first-order valence-electron chi connectivity index (χ1n) is 5.53. The van der Waals surface area contributed by atoms with Crippen LogP contribution in [0.1, 0.15) is 11.3 Å². The zero-order chi connectivity index (χ0) is 12.1. The Kier molecular flexibility index (Phi) is 4.20. The standard InChI is InChI=1S/C13H15BrN2O/c1-17-13-4-2-11(3-5-13)10-16-12(6-8-14)7-9-15-16/h2-5,7,9H,6,8,10H2,1H3. The van der Waals surface area contributed by atoms with Gasteiger partial charge in [0.05, 0.1) is 13.7 Å². The molecule has 0 aliphatic rings. The summed E-state index contributed by atoms with van der Waals surface area (Å²) >= 11 is 3.45. The molecule has 2 rings (SSSR count). The lowest BCUT2D eigenvalue weighted by molar-refractivity contribution is 0.414. The first-order valence-corrected chi connectivity index (χ1v) is 6.65. The Morgan fingerprint density at radius 2 is 2.00 bits per heavy atom. The molecule has 0 radical (unpaired) electrons. The predicted molar refractivity (Wildman–Crippen MR) is 71.8 cm³/mol. The van der Waals surface area contributed by atoms with Gasteiger partial charge >= 0.3 is 0 Å². The number of rotatable bonds is 5. The molecule has 2 aromatic rings. The number of hydrogen-bond donors (Lipinski definition) is 0.